The Bertz CT molecular complexity index is 107. The summed E-state index contributed by atoms with van der Waals surface area (Å²) < 4.78 is 0. The molecular formula is C6H7Cl. The van der Waals surface area contributed by atoms with Crippen LogP contribution in [0.15, 0.2) is 0 Å². The van der Waals surface area contributed by atoms with Gasteiger partial charge >= 0.3 is 0 Å². The molecule has 1 unspecified atom stereocenters. The van der Waals surface area contributed by atoms with E-state index in [0.717, 1.165) is 19.3 Å². The average molecular weight is 115 g/mol. The largest absolute Gasteiger partial charge is 0.122 e. The summed E-state index contributed by atoms with van der Waals surface area (Å²) in [6.45, 7) is 0. The van der Waals surface area contributed by atoms with E-state index in [2.05, 4.69) is 11.8 Å². The number of hydrogen-bond donors (Lipinski definition) is 0. The molecule has 0 N–H and O–H groups in total. The molecule has 0 nitrogen and oxygen atoms in total. The zero-order valence-electron chi connectivity index (χ0n) is 4.08. The molecule has 1 rings (SSSR count). The van der Waals surface area contributed by atoms with Crippen LogP contribution in [-0.4, -0.2) is 5.38 Å². The van der Waals surface area contributed by atoms with Crippen LogP contribution in [0.25, 0.3) is 0 Å². The van der Waals surface area contributed by atoms with Gasteiger partial charge in [0.2, 0.25) is 0 Å². The van der Waals surface area contributed by atoms with Crippen molar-refractivity contribution in [1.29, 1.82) is 0 Å². The van der Waals surface area contributed by atoms with Crippen LogP contribution in [0.3, 0.4) is 0 Å². The molecule has 1 atom stereocenters. The quantitative estimate of drug-likeness (QED) is 0.333. The fourth-order valence-electron chi connectivity index (χ4n) is 0.602. The minimum absolute atomic E-state index is 0.334. The molecular weight excluding hydrogens is 108 g/mol. The van der Waals surface area contributed by atoms with E-state index in [1.54, 1.807) is 0 Å². The van der Waals surface area contributed by atoms with E-state index in [1.165, 1.54) is 0 Å². The standard InChI is InChI=1S/C6H7Cl/c7-6-4-2-1-3-5-6/h6H,2,4-5H2. The van der Waals surface area contributed by atoms with E-state index in [0.29, 0.717) is 5.38 Å². The first-order valence-corrected chi connectivity index (χ1v) is 2.93. The predicted octanol–water partition coefficient (Wildman–Crippen LogP) is 1.78. The summed E-state index contributed by atoms with van der Waals surface area (Å²) in [7, 11) is 0. The molecule has 1 aliphatic carbocycles. The van der Waals surface area contributed by atoms with E-state index in [9.17, 15) is 0 Å². The Balaban J connectivity index is 2.39. The molecule has 0 saturated carbocycles. The maximum Gasteiger partial charge on any atom is 0.0454 e. The lowest BCUT2D eigenvalue weighted by Gasteiger charge is -2.03. The van der Waals surface area contributed by atoms with E-state index in [1.807, 2.05) is 0 Å². The number of rotatable bonds is 0. The van der Waals surface area contributed by atoms with Crippen LogP contribution in [-0.2, 0) is 0 Å². The second kappa shape index (κ2) is 2.23. The third-order valence-corrected chi connectivity index (χ3v) is 1.40. The lowest BCUT2D eigenvalue weighted by Crippen LogP contribution is -1.98. The number of hydrogen-bond acceptors (Lipinski definition) is 0. The van der Waals surface area contributed by atoms with Gasteiger partial charge in [0, 0.05) is 18.2 Å². The van der Waals surface area contributed by atoms with Crippen molar-refractivity contribution in [3.8, 4) is 11.8 Å². The SMILES string of the molecule is ClC1CC#CCC1. The van der Waals surface area contributed by atoms with Gasteiger partial charge in [0.05, 0.1) is 0 Å². The minimum Gasteiger partial charge on any atom is -0.122 e. The van der Waals surface area contributed by atoms with Crippen molar-refractivity contribution >= 4 is 11.6 Å². The van der Waals surface area contributed by atoms with Crippen molar-refractivity contribution in [2.75, 3.05) is 0 Å². The minimum atomic E-state index is 0.334. The monoisotopic (exact) mass is 114 g/mol. The van der Waals surface area contributed by atoms with Crippen molar-refractivity contribution in [1.82, 2.24) is 0 Å². The van der Waals surface area contributed by atoms with Crippen LogP contribution in [0.4, 0.5) is 0 Å². The van der Waals surface area contributed by atoms with Crippen LogP contribution in [0.2, 0.25) is 0 Å². The van der Waals surface area contributed by atoms with Gasteiger partial charge in [-0.25, -0.2) is 0 Å². The van der Waals surface area contributed by atoms with Crippen molar-refractivity contribution < 1.29 is 0 Å². The second-order valence-electron chi connectivity index (χ2n) is 1.69. The molecule has 0 aromatic heterocycles. The second-order valence-corrected chi connectivity index (χ2v) is 2.31. The van der Waals surface area contributed by atoms with Crippen molar-refractivity contribution in [3.05, 3.63) is 0 Å². The van der Waals surface area contributed by atoms with E-state index in [-0.39, 0.29) is 0 Å². The summed E-state index contributed by atoms with van der Waals surface area (Å²) in [5, 5.41) is 0.334. The zero-order valence-corrected chi connectivity index (χ0v) is 4.83. The maximum atomic E-state index is 5.71. The highest BCUT2D eigenvalue weighted by Gasteiger charge is 2.02. The van der Waals surface area contributed by atoms with E-state index in [4.69, 9.17) is 11.6 Å². The third-order valence-electron chi connectivity index (χ3n) is 1.03. The Kier molecular flexibility index (Phi) is 1.59. The van der Waals surface area contributed by atoms with Gasteiger partial charge < -0.3 is 0 Å². The Morgan fingerprint density at radius 3 is 2.57 bits per heavy atom. The summed E-state index contributed by atoms with van der Waals surface area (Å²) in [6, 6.07) is 0. The number of alkyl halides is 1. The van der Waals surface area contributed by atoms with Crippen LogP contribution >= 0.6 is 11.6 Å². The van der Waals surface area contributed by atoms with Crippen molar-refractivity contribution in [2.24, 2.45) is 0 Å². The van der Waals surface area contributed by atoms with Gasteiger partial charge in [-0.1, -0.05) is 0 Å². The van der Waals surface area contributed by atoms with Crippen LogP contribution in [0.1, 0.15) is 19.3 Å². The van der Waals surface area contributed by atoms with Crippen LogP contribution < -0.4 is 0 Å². The Morgan fingerprint density at radius 1 is 1.43 bits per heavy atom. The third kappa shape index (κ3) is 1.41. The average Bonchev–Trinajstić information content (AvgIpc) is 1.69. The molecule has 1 aliphatic rings. The molecule has 0 aliphatic heterocycles. The lowest BCUT2D eigenvalue weighted by molar-refractivity contribution is 0.772. The molecule has 0 saturated heterocycles. The number of halogens is 1. The Morgan fingerprint density at radius 2 is 2.29 bits per heavy atom. The first kappa shape index (κ1) is 5.00. The molecule has 0 amide bonds. The molecule has 1 heteroatoms. The first-order valence-electron chi connectivity index (χ1n) is 2.49. The van der Waals surface area contributed by atoms with Gasteiger partial charge in [-0.2, -0.15) is 0 Å². The summed E-state index contributed by atoms with van der Waals surface area (Å²) in [4.78, 5) is 0. The Hall–Kier alpha value is -0.150. The highest BCUT2D eigenvalue weighted by Crippen LogP contribution is 2.11. The topological polar surface area (TPSA) is 0 Å². The van der Waals surface area contributed by atoms with Gasteiger partial charge in [0.15, 0.2) is 0 Å². The van der Waals surface area contributed by atoms with Crippen molar-refractivity contribution in [2.45, 2.75) is 24.6 Å². The fourth-order valence-corrected chi connectivity index (χ4v) is 0.788. The summed E-state index contributed by atoms with van der Waals surface area (Å²) in [5.41, 5.74) is 0. The van der Waals surface area contributed by atoms with Crippen molar-refractivity contribution in [3.63, 3.8) is 0 Å². The Labute approximate surface area is 48.9 Å². The highest BCUT2D eigenvalue weighted by molar-refractivity contribution is 6.20. The van der Waals surface area contributed by atoms with Crippen LogP contribution in [0.5, 0.6) is 0 Å². The van der Waals surface area contributed by atoms with Gasteiger partial charge in [0.25, 0.3) is 0 Å². The van der Waals surface area contributed by atoms with Gasteiger partial charge in [0.1, 0.15) is 0 Å². The molecule has 0 fully saturated rings. The first-order chi connectivity index (χ1) is 3.39. The van der Waals surface area contributed by atoms with Crippen LogP contribution in [0, 0.1) is 11.8 Å². The zero-order chi connectivity index (χ0) is 5.11. The summed E-state index contributed by atoms with van der Waals surface area (Å²) >= 11 is 5.71. The van der Waals surface area contributed by atoms with E-state index >= 15 is 0 Å². The summed E-state index contributed by atoms with van der Waals surface area (Å²) in [5.74, 6) is 5.93. The predicted molar refractivity (Wildman–Crippen MR) is 31.3 cm³/mol. The summed E-state index contributed by atoms with van der Waals surface area (Å²) in [6.07, 6.45) is 2.96. The molecule has 0 bridgehead atoms. The molecule has 0 aromatic carbocycles. The molecule has 0 aromatic rings. The van der Waals surface area contributed by atoms with Gasteiger partial charge in [-0.3, -0.25) is 0 Å². The molecule has 0 spiro atoms. The van der Waals surface area contributed by atoms with E-state index < -0.39 is 0 Å². The lowest BCUT2D eigenvalue weighted by atomic mass is 10.1. The molecule has 0 radical (unpaired) electrons. The molecule has 38 valence electrons. The molecule has 0 heterocycles. The smallest absolute Gasteiger partial charge is 0.0454 e. The normalized spacial score (nSPS) is 28.4. The maximum absolute atomic E-state index is 5.71. The highest BCUT2D eigenvalue weighted by atomic mass is 35.5. The van der Waals surface area contributed by atoms with Gasteiger partial charge in [-0.05, 0) is 6.42 Å². The van der Waals surface area contributed by atoms with Gasteiger partial charge in [-0.15, -0.1) is 23.4 Å². The molecule has 7 heavy (non-hydrogen) atoms. The fraction of sp³-hybridized carbons (Fsp3) is 0.667.